The van der Waals surface area contributed by atoms with Crippen molar-refractivity contribution in [1.82, 2.24) is 16.0 Å². The summed E-state index contributed by atoms with van der Waals surface area (Å²) in [4.78, 5) is 11.8. The summed E-state index contributed by atoms with van der Waals surface area (Å²) >= 11 is 0. The second-order valence-corrected chi connectivity index (χ2v) is 3.78. The third-order valence-electron chi connectivity index (χ3n) is 2.56. The quantitative estimate of drug-likeness (QED) is 0.555. The minimum absolute atomic E-state index is 0.0612. The zero-order valence-corrected chi connectivity index (χ0v) is 9.51. The van der Waals surface area contributed by atoms with Crippen molar-refractivity contribution in [1.29, 1.82) is 0 Å². The molecule has 2 atom stereocenters. The molecule has 1 amide bonds. The highest BCUT2D eigenvalue weighted by molar-refractivity contribution is 5.82. The lowest BCUT2D eigenvalue weighted by Crippen LogP contribution is -2.57. The van der Waals surface area contributed by atoms with Gasteiger partial charge in [-0.25, -0.2) is 0 Å². The van der Waals surface area contributed by atoms with E-state index in [1.165, 1.54) is 0 Å². The minimum Gasteiger partial charge on any atom is -0.383 e. The molecule has 1 aliphatic heterocycles. The molecule has 0 radical (unpaired) electrons. The van der Waals surface area contributed by atoms with Gasteiger partial charge in [0, 0.05) is 26.7 Å². The van der Waals surface area contributed by atoms with Crippen LogP contribution in [0, 0.1) is 0 Å². The fraction of sp³-hybridized carbons (Fsp3) is 0.900. The van der Waals surface area contributed by atoms with Crippen LogP contribution in [0.3, 0.4) is 0 Å². The van der Waals surface area contributed by atoms with Crippen LogP contribution < -0.4 is 16.0 Å². The lowest BCUT2D eigenvalue weighted by atomic mass is 10.2. The van der Waals surface area contributed by atoms with Crippen LogP contribution in [0.25, 0.3) is 0 Å². The van der Waals surface area contributed by atoms with Crippen molar-refractivity contribution >= 4 is 5.91 Å². The van der Waals surface area contributed by atoms with E-state index < -0.39 is 0 Å². The van der Waals surface area contributed by atoms with Crippen LogP contribution >= 0.6 is 0 Å². The molecule has 1 fully saturated rings. The Kier molecular flexibility index (Phi) is 5.60. The fourth-order valence-corrected chi connectivity index (χ4v) is 1.60. The number of piperazine rings is 1. The van der Waals surface area contributed by atoms with Gasteiger partial charge in [-0.3, -0.25) is 4.79 Å². The van der Waals surface area contributed by atoms with Gasteiger partial charge < -0.3 is 20.7 Å². The Labute approximate surface area is 90.9 Å². The molecule has 0 aromatic carbocycles. The molecule has 1 saturated heterocycles. The van der Waals surface area contributed by atoms with Crippen molar-refractivity contribution in [2.45, 2.75) is 25.4 Å². The Bertz CT molecular complexity index is 193. The van der Waals surface area contributed by atoms with Gasteiger partial charge in [-0.2, -0.15) is 0 Å². The van der Waals surface area contributed by atoms with Gasteiger partial charge in [-0.05, 0) is 6.42 Å². The van der Waals surface area contributed by atoms with Crippen LogP contribution in [-0.2, 0) is 9.53 Å². The summed E-state index contributed by atoms with van der Waals surface area (Å²) in [5, 5.41) is 9.33. The molecule has 1 heterocycles. The van der Waals surface area contributed by atoms with Crippen molar-refractivity contribution < 1.29 is 9.53 Å². The van der Waals surface area contributed by atoms with Crippen molar-refractivity contribution in [3.63, 3.8) is 0 Å². The molecule has 0 bridgehead atoms. The van der Waals surface area contributed by atoms with Gasteiger partial charge in [-0.1, -0.05) is 6.92 Å². The van der Waals surface area contributed by atoms with Gasteiger partial charge >= 0.3 is 0 Å². The molecule has 5 nitrogen and oxygen atoms in total. The summed E-state index contributed by atoms with van der Waals surface area (Å²) in [7, 11) is 1.65. The summed E-state index contributed by atoms with van der Waals surface area (Å²) in [6.07, 6.45) is 0.889. The molecule has 0 spiro atoms. The molecular formula is C10H21N3O2. The number of hydrogen-bond donors (Lipinski definition) is 3. The van der Waals surface area contributed by atoms with Gasteiger partial charge in [0.1, 0.15) is 0 Å². The standard InChI is InChI=1S/C10H21N3O2/c1-3-8(7-15-2)13-10(14)9-6-11-4-5-12-9/h8-9,11-12H,3-7H2,1-2H3,(H,13,14). The first-order chi connectivity index (χ1) is 7.27. The number of ether oxygens (including phenoxy) is 1. The SMILES string of the molecule is CCC(COC)NC(=O)C1CNCCN1. The molecular weight excluding hydrogens is 194 g/mol. The van der Waals surface area contributed by atoms with Crippen molar-refractivity contribution in [3.05, 3.63) is 0 Å². The van der Waals surface area contributed by atoms with E-state index in [1.807, 2.05) is 6.92 Å². The van der Waals surface area contributed by atoms with Gasteiger partial charge in [0.05, 0.1) is 18.7 Å². The fourth-order valence-electron chi connectivity index (χ4n) is 1.60. The van der Waals surface area contributed by atoms with E-state index in [0.29, 0.717) is 13.2 Å². The van der Waals surface area contributed by atoms with Gasteiger partial charge in [0.25, 0.3) is 0 Å². The molecule has 0 aromatic rings. The number of hydrogen-bond acceptors (Lipinski definition) is 4. The number of carbonyl (C=O) groups excluding carboxylic acids is 1. The summed E-state index contributed by atoms with van der Waals surface area (Å²) < 4.78 is 5.03. The van der Waals surface area contributed by atoms with E-state index in [2.05, 4.69) is 16.0 Å². The molecule has 1 aliphatic rings. The number of carbonyl (C=O) groups is 1. The maximum atomic E-state index is 11.8. The van der Waals surface area contributed by atoms with Crippen molar-refractivity contribution in [3.8, 4) is 0 Å². The van der Waals surface area contributed by atoms with Crippen LogP contribution in [0.5, 0.6) is 0 Å². The molecule has 15 heavy (non-hydrogen) atoms. The van der Waals surface area contributed by atoms with E-state index in [4.69, 9.17) is 4.74 Å². The Balaban J connectivity index is 2.31. The smallest absolute Gasteiger partial charge is 0.238 e. The molecule has 0 aromatic heterocycles. The number of methoxy groups -OCH3 is 1. The Morgan fingerprint density at radius 2 is 2.40 bits per heavy atom. The lowest BCUT2D eigenvalue weighted by Gasteiger charge is -2.25. The third-order valence-corrected chi connectivity index (χ3v) is 2.56. The maximum absolute atomic E-state index is 11.8. The Morgan fingerprint density at radius 3 is 2.93 bits per heavy atom. The molecule has 0 saturated carbocycles. The zero-order chi connectivity index (χ0) is 11.1. The van der Waals surface area contributed by atoms with Crippen LogP contribution in [0.15, 0.2) is 0 Å². The van der Waals surface area contributed by atoms with Gasteiger partial charge in [0.15, 0.2) is 0 Å². The highest BCUT2D eigenvalue weighted by Crippen LogP contribution is 1.94. The number of amides is 1. The number of rotatable bonds is 5. The summed E-state index contributed by atoms with van der Waals surface area (Å²) in [5.74, 6) is 0.0612. The predicted molar refractivity (Wildman–Crippen MR) is 58.8 cm³/mol. The van der Waals surface area contributed by atoms with E-state index in [0.717, 1.165) is 19.5 Å². The molecule has 5 heteroatoms. The first-order valence-electron chi connectivity index (χ1n) is 5.51. The van der Waals surface area contributed by atoms with Crippen LogP contribution in [0.4, 0.5) is 0 Å². The topological polar surface area (TPSA) is 62.4 Å². The highest BCUT2D eigenvalue weighted by atomic mass is 16.5. The van der Waals surface area contributed by atoms with Gasteiger partial charge in [-0.15, -0.1) is 0 Å². The second kappa shape index (κ2) is 6.76. The number of nitrogens with one attached hydrogen (secondary N) is 3. The monoisotopic (exact) mass is 215 g/mol. The summed E-state index contributed by atoms with van der Waals surface area (Å²) in [6.45, 7) is 5.09. The highest BCUT2D eigenvalue weighted by Gasteiger charge is 2.21. The summed E-state index contributed by atoms with van der Waals surface area (Å²) in [6, 6.07) is 0.0101. The molecule has 88 valence electrons. The van der Waals surface area contributed by atoms with E-state index >= 15 is 0 Å². The predicted octanol–water partition coefficient (Wildman–Crippen LogP) is -0.911. The van der Waals surface area contributed by atoms with Gasteiger partial charge in [0.2, 0.25) is 5.91 Å². The van der Waals surface area contributed by atoms with E-state index in [-0.39, 0.29) is 18.0 Å². The average Bonchev–Trinajstić information content (AvgIpc) is 2.29. The van der Waals surface area contributed by atoms with E-state index in [9.17, 15) is 4.79 Å². The van der Waals surface area contributed by atoms with Crippen LogP contribution in [0.1, 0.15) is 13.3 Å². The summed E-state index contributed by atoms with van der Waals surface area (Å²) in [5.41, 5.74) is 0. The largest absolute Gasteiger partial charge is 0.383 e. The van der Waals surface area contributed by atoms with Crippen LogP contribution in [-0.4, -0.2) is 51.3 Å². The first-order valence-corrected chi connectivity index (χ1v) is 5.51. The maximum Gasteiger partial charge on any atom is 0.238 e. The normalized spacial score (nSPS) is 23.5. The first kappa shape index (κ1) is 12.4. The molecule has 3 N–H and O–H groups in total. The second-order valence-electron chi connectivity index (χ2n) is 3.78. The lowest BCUT2D eigenvalue weighted by molar-refractivity contribution is -0.124. The average molecular weight is 215 g/mol. The van der Waals surface area contributed by atoms with Crippen molar-refractivity contribution in [2.24, 2.45) is 0 Å². The van der Waals surface area contributed by atoms with Crippen molar-refractivity contribution in [2.75, 3.05) is 33.4 Å². The van der Waals surface area contributed by atoms with E-state index in [1.54, 1.807) is 7.11 Å². The Hall–Kier alpha value is -0.650. The molecule has 0 aliphatic carbocycles. The van der Waals surface area contributed by atoms with Crippen LogP contribution in [0.2, 0.25) is 0 Å². The molecule has 1 rings (SSSR count). The zero-order valence-electron chi connectivity index (χ0n) is 9.51. The molecule has 2 unspecified atom stereocenters. The minimum atomic E-state index is -0.107. The Morgan fingerprint density at radius 1 is 1.60 bits per heavy atom. The third kappa shape index (κ3) is 4.15.